The van der Waals surface area contributed by atoms with Crippen molar-refractivity contribution in [2.24, 2.45) is 0 Å². The largest absolute Gasteiger partial charge is 0.478 e. The number of sulfonamides is 1. The molecule has 0 aromatic heterocycles. The highest BCUT2D eigenvalue weighted by molar-refractivity contribution is 7.92. The molecule has 6 nitrogen and oxygen atoms in total. The summed E-state index contributed by atoms with van der Waals surface area (Å²) in [6, 6.07) is 12.3. The molecule has 0 saturated carbocycles. The molecule has 0 aliphatic carbocycles. The fourth-order valence-corrected chi connectivity index (χ4v) is 3.95. The van der Waals surface area contributed by atoms with Crippen molar-refractivity contribution in [1.29, 1.82) is 0 Å². The number of benzene rings is 2. The van der Waals surface area contributed by atoms with Crippen LogP contribution in [0.4, 0.5) is 10.1 Å². The van der Waals surface area contributed by atoms with Crippen molar-refractivity contribution in [3.8, 4) is 5.75 Å². The zero-order valence-corrected chi connectivity index (χ0v) is 15.9. The van der Waals surface area contributed by atoms with Gasteiger partial charge in [-0.05, 0) is 36.8 Å². The van der Waals surface area contributed by atoms with E-state index in [2.05, 4.69) is 5.32 Å². The van der Waals surface area contributed by atoms with Crippen LogP contribution in [0.3, 0.4) is 0 Å². The highest BCUT2D eigenvalue weighted by atomic mass is 32.2. The molecule has 1 amide bonds. The van der Waals surface area contributed by atoms with E-state index in [9.17, 15) is 17.6 Å². The third-order valence-corrected chi connectivity index (χ3v) is 5.60. The van der Waals surface area contributed by atoms with Gasteiger partial charge in [0.15, 0.2) is 6.10 Å². The second-order valence-corrected chi connectivity index (χ2v) is 8.39. The number of rotatable bonds is 4. The minimum Gasteiger partial charge on any atom is -0.478 e. The Bertz CT molecular complexity index is 931. The topological polar surface area (TPSA) is 75.7 Å². The first-order chi connectivity index (χ1) is 12.8. The number of halogens is 1. The Morgan fingerprint density at radius 1 is 1.22 bits per heavy atom. The monoisotopic (exact) mass is 392 g/mol. The van der Waals surface area contributed by atoms with E-state index in [0.717, 1.165) is 11.8 Å². The summed E-state index contributed by atoms with van der Waals surface area (Å²) >= 11 is 0. The molecule has 1 aliphatic rings. The van der Waals surface area contributed by atoms with Crippen molar-refractivity contribution in [3.63, 3.8) is 0 Å². The maximum atomic E-state index is 13.1. The molecule has 2 atom stereocenters. The molecule has 0 radical (unpaired) electrons. The van der Waals surface area contributed by atoms with Crippen molar-refractivity contribution >= 4 is 21.6 Å². The molecule has 8 heteroatoms. The van der Waals surface area contributed by atoms with Crippen LogP contribution in [-0.4, -0.2) is 33.2 Å². The molecule has 2 aromatic rings. The molecule has 0 spiro atoms. The Labute approximate surface area is 158 Å². The molecule has 0 fully saturated rings. The summed E-state index contributed by atoms with van der Waals surface area (Å²) in [6.07, 6.45) is 0.505. The summed E-state index contributed by atoms with van der Waals surface area (Å²) in [5, 5.41) is 2.84. The zero-order chi connectivity index (χ0) is 19.6. The van der Waals surface area contributed by atoms with Gasteiger partial charge in [-0.2, -0.15) is 0 Å². The van der Waals surface area contributed by atoms with E-state index in [-0.39, 0.29) is 30.7 Å². The number of carbonyl (C=O) groups is 1. The lowest BCUT2D eigenvalue weighted by Crippen LogP contribution is -2.40. The molecule has 0 saturated heterocycles. The first-order valence-electron chi connectivity index (χ1n) is 8.55. The molecule has 0 unspecified atom stereocenters. The summed E-state index contributed by atoms with van der Waals surface area (Å²) in [5.41, 5.74) is 1.18. The molecule has 1 heterocycles. The van der Waals surface area contributed by atoms with Gasteiger partial charge in [-0.3, -0.25) is 9.10 Å². The number of hydrogen-bond acceptors (Lipinski definition) is 4. The predicted molar refractivity (Wildman–Crippen MR) is 101 cm³/mol. The van der Waals surface area contributed by atoms with E-state index >= 15 is 0 Å². The number of carbonyl (C=O) groups excluding carboxylic acids is 1. The van der Waals surface area contributed by atoms with E-state index in [1.54, 1.807) is 43.3 Å². The molecule has 1 N–H and O–H groups in total. The fourth-order valence-electron chi connectivity index (χ4n) is 3.00. The zero-order valence-electron chi connectivity index (χ0n) is 15.1. The summed E-state index contributed by atoms with van der Waals surface area (Å²) in [4.78, 5) is 12.7. The van der Waals surface area contributed by atoms with Crippen molar-refractivity contribution in [2.75, 3.05) is 17.1 Å². The quantitative estimate of drug-likeness (QED) is 0.868. The summed E-state index contributed by atoms with van der Waals surface area (Å²) in [6.45, 7) is 1.93. The smallest absolute Gasteiger partial charge is 0.261 e. The number of nitrogens with one attached hydrogen (secondary N) is 1. The van der Waals surface area contributed by atoms with Crippen molar-refractivity contribution in [1.82, 2.24) is 5.32 Å². The number of nitrogens with zero attached hydrogens (tertiary/aromatic N) is 1. The first kappa shape index (κ1) is 19.2. The highest BCUT2D eigenvalue weighted by Crippen LogP contribution is 2.33. The van der Waals surface area contributed by atoms with E-state index in [4.69, 9.17) is 4.74 Å². The van der Waals surface area contributed by atoms with E-state index in [1.807, 2.05) is 0 Å². The third-order valence-electron chi connectivity index (χ3n) is 4.42. The Balaban J connectivity index is 1.78. The Kier molecular flexibility index (Phi) is 5.36. The average molecular weight is 392 g/mol. The lowest BCUT2D eigenvalue weighted by atomic mass is 10.1. The van der Waals surface area contributed by atoms with Crippen LogP contribution in [-0.2, 0) is 14.8 Å². The minimum atomic E-state index is -3.50. The predicted octanol–water partition coefficient (Wildman–Crippen LogP) is 2.62. The Morgan fingerprint density at radius 3 is 2.56 bits per heavy atom. The number of hydrogen-bond donors (Lipinski definition) is 1. The van der Waals surface area contributed by atoms with Gasteiger partial charge in [0, 0.05) is 13.0 Å². The van der Waals surface area contributed by atoms with Crippen molar-refractivity contribution in [3.05, 3.63) is 59.9 Å². The second kappa shape index (κ2) is 7.56. The maximum absolute atomic E-state index is 13.1. The van der Waals surface area contributed by atoms with Gasteiger partial charge in [-0.1, -0.05) is 24.3 Å². The first-order valence-corrected chi connectivity index (χ1v) is 10.4. The van der Waals surface area contributed by atoms with E-state index in [0.29, 0.717) is 11.4 Å². The molecule has 0 bridgehead atoms. The van der Waals surface area contributed by atoms with Gasteiger partial charge >= 0.3 is 0 Å². The second-order valence-electron chi connectivity index (χ2n) is 6.48. The Hall–Kier alpha value is -2.61. The van der Waals surface area contributed by atoms with Gasteiger partial charge in [0.25, 0.3) is 5.91 Å². The normalized spacial score (nSPS) is 18.0. The van der Waals surface area contributed by atoms with Gasteiger partial charge in [0.05, 0.1) is 18.0 Å². The van der Waals surface area contributed by atoms with Crippen LogP contribution in [0, 0.1) is 5.82 Å². The van der Waals surface area contributed by atoms with Crippen LogP contribution in [0.15, 0.2) is 48.5 Å². The fraction of sp³-hybridized carbons (Fsp3) is 0.316. The van der Waals surface area contributed by atoms with Crippen LogP contribution >= 0.6 is 0 Å². The van der Waals surface area contributed by atoms with Gasteiger partial charge in [0.2, 0.25) is 10.0 Å². The van der Waals surface area contributed by atoms with Gasteiger partial charge < -0.3 is 10.1 Å². The van der Waals surface area contributed by atoms with Crippen LogP contribution in [0.1, 0.15) is 24.9 Å². The van der Waals surface area contributed by atoms with Gasteiger partial charge in [-0.25, -0.2) is 12.8 Å². The van der Waals surface area contributed by atoms with Crippen LogP contribution in [0.5, 0.6) is 5.75 Å². The molecular formula is C19H21FN2O4S. The third kappa shape index (κ3) is 4.39. The van der Waals surface area contributed by atoms with Crippen molar-refractivity contribution < 1.29 is 22.3 Å². The van der Waals surface area contributed by atoms with Crippen LogP contribution < -0.4 is 14.4 Å². The molecule has 1 aliphatic heterocycles. The van der Waals surface area contributed by atoms with Gasteiger partial charge in [-0.15, -0.1) is 0 Å². The lowest BCUT2D eigenvalue weighted by molar-refractivity contribution is -0.128. The number of anilines is 1. The number of fused-ring (bicyclic) bond motifs is 1. The number of amides is 1. The molecule has 2 aromatic carbocycles. The Morgan fingerprint density at radius 2 is 1.89 bits per heavy atom. The van der Waals surface area contributed by atoms with Crippen LogP contribution in [0.2, 0.25) is 0 Å². The standard InChI is InChI=1S/C19H21FN2O4S/c1-13(14-7-9-15(20)10-8-14)21-19(23)18-11-12-22(27(2,24)25)16-5-3-4-6-17(16)26-18/h3-10,13,18H,11-12H2,1-2H3,(H,21,23)/t13-,18+/m1/s1. The van der Waals surface area contributed by atoms with Gasteiger partial charge in [0.1, 0.15) is 11.6 Å². The highest BCUT2D eigenvalue weighted by Gasteiger charge is 2.31. The van der Waals surface area contributed by atoms with E-state index in [1.165, 1.54) is 16.4 Å². The summed E-state index contributed by atoms with van der Waals surface area (Å²) in [5.74, 6) is -0.353. The van der Waals surface area contributed by atoms with Crippen molar-refractivity contribution in [2.45, 2.75) is 25.5 Å². The minimum absolute atomic E-state index is 0.138. The van der Waals surface area contributed by atoms with Crippen LogP contribution in [0.25, 0.3) is 0 Å². The molecular weight excluding hydrogens is 371 g/mol. The molecule has 27 heavy (non-hydrogen) atoms. The molecule has 3 rings (SSSR count). The summed E-state index contributed by atoms with van der Waals surface area (Å²) in [7, 11) is -3.50. The SMILES string of the molecule is C[C@@H](NC(=O)[C@@H]1CCN(S(C)(=O)=O)c2ccccc2O1)c1ccc(F)cc1. The maximum Gasteiger partial charge on any atom is 0.261 e. The number of para-hydroxylation sites is 2. The molecule has 144 valence electrons. The number of ether oxygens (including phenoxy) is 1. The lowest BCUT2D eigenvalue weighted by Gasteiger charge is -2.20. The average Bonchev–Trinajstić information content (AvgIpc) is 2.81. The summed E-state index contributed by atoms with van der Waals surface area (Å²) < 4.78 is 44.3. The van der Waals surface area contributed by atoms with E-state index < -0.39 is 16.1 Å².